The normalized spacial score (nSPS) is 19.8. The van der Waals surface area contributed by atoms with E-state index in [1.807, 2.05) is 6.07 Å². The van der Waals surface area contributed by atoms with Gasteiger partial charge in [0, 0.05) is 19.0 Å². The highest BCUT2D eigenvalue weighted by atomic mass is 19.1. The molecule has 0 aliphatic carbocycles. The van der Waals surface area contributed by atoms with E-state index in [-0.39, 0.29) is 12.6 Å². The number of carbonyl (C=O) groups excluding carboxylic acids is 1. The van der Waals surface area contributed by atoms with Crippen molar-refractivity contribution < 1.29 is 9.18 Å². The van der Waals surface area contributed by atoms with Gasteiger partial charge < -0.3 is 10.7 Å². The summed E-state index contributed by atoms with van der Waals surface area (Å²) in [6.07, 6.45) is 0.950. The van der Waals surface area contributed by atoms with Crippen molar-refractivity contribution in [3.8, 4) is 0 Å². The van der Waals surface area contributed by atoms with E-state index in [2.05, 4.69) is 14.9 Å². The van der Waals surface area contributed by atoms with Gasteiger partial charge in [-0.25, -0.2) is 9.37 Å². The number of primary amides is 1. The Morgan fingerprint density at radius 1 is 1.55 bits per heavy atom. The predicted molar refractivity (Wildman–Crippen MR) is 74.4 cm³/mol. The van der Waals surface area contributed by atoms with Crippen molar-refractivity contribution in [2.24, 2.45) is 5.73 Å². The van der Waals surface area contributed by atoms with Crippen molar-refractivity contribution in [2.45, 2.75) is 12.3 Å². The van der Waals surface area contributed by atoms with Crippen molar-refractivity contribution >= 4 is 16.9 Å². The molecule has 5 nitrogen and oxygen atoms in total. The first kappa shape index (κ1) is 13.1. The number of aromatic amines is 1. The van der Waals surface area contributed by atoms with Crippen molar-refractivity contribution in [3.63, 3.8) is 0 Å². The highest BCUT2D eigenvalue weighted by Crippen LogP contribution is 2.27. The van der Waals surface area contributed by atoms with Crippen LogP contribution in [-0.2, 0) is 0 Å². The molecule has 1 aromatic carbocycles. The predicted octanol–water partition coefficient (Wildman–Crippen LogP) is 1.42. The number of hydrogen-bond acceptors (Lipinski definition) is 3. The fourth-order valence-corrected chi connectivity index (χ4v) is 2.82. The zero-order chi connectivity index (χ0) is 14.1. The monoisotopic (exact) mass is 276 g/mol. The van der Waals surface area contributed by atoms with Crippen LogP contribution in [0.2, 0.25) is 0 Å². The quantitative estimate of drug-likeness (QED) is 0.887. The molecule has 1 unspecified atom stereocenters. The first-order valence-corrected chi connectivity index (χ1v) is 6.76. The highest BCUT2D eigenvalue weighted by molar-refractivity contribution is 6.04. The topological polar surface area (TPSA) is 75.0 Å². The Balaban J connectivity index is 1.90. The zero-order valence-electron chi connectivity index (χ0n) is 11.1. The molecular formula is C14H17FN4O. The van der Waals surface area contributed by atoms with Gasteiger partial charge in [-0.1, -0.05) is 6.07 Å². The molecule has 1 aliphatic rings. The molecule has 3 rings (SSSR count). The number of fused-ring (bicyclic) bond motifs is 1. The number of benzene rings is 1. The average Bonchev–Trinajstić information content (AvgIpc) is 3.03. The van der Waals surface area contributed by atoms with Crippen LogP contribution in [0.15, 0.2) is 18.2 Å². The van der Waals surface area contributed by atoms with Gasteiger partial charge in [-0.15, -0.1) is 0 Å². The maximum absolute atomic E-state index is 12.4. The van der Waals surface area contributed by atoms with Gasteiger partial charge in [0.1, 0.15) is 18.0 Å². The Morgan fingerprint density at radius 2 is 2.40 bits per heavy atom. The molecule has 1 atom stereocenters. The molecule has 1 saturated heterocycles. The molecule has 20 heavy (non-hydrogen) atoms. The number of hydrogen-bond donors (Lipinski definition) is 2. The van der Waals surface area contributed by atoms with Crippen LogP contribution in [0.5, 0.6) is 0 Å². The summed E-state index contributed by atoms with van der Waals surface area (Å²) in [6.45, 7) is 1.84. The lowest BCUT2D eigenvalue weighted by Crippen LogP contribution is -2.22. The summed E-state index contributed by atoms with van der Waals surface area (Å²) in [6, 6.07) is 5.35. The van der Waals surface area contributed by atoms with Crippen LogP contribution in [0.3, 0.4) is 0 Å². The molecule has 1 aromatic heterocycles. The van der Waals surface area contributed by atoms with Crippen molar-refractivity contribution in [1.29, 1.82) is 0 Å². The number of carbonyl (C=O) groups is 1. The molecule has 3 N–H and O–H groups in total. The van der Waals surface area contributed by atoms with E-state index in [0.717, 1.165) is 30.9 Å². The molecule has 2 heterocycles. The minimum absolute atomic E-state index is 0.259. The molecule has 2 aromatic rings. The first-order chi connectivity index (χ1) is 9.69. The molecule has 0 bridgehead atoms. The third-order valence-corrected chi connectivity index (χ3v) is 3.86. The summed E-state index contributed by atoms with van der Waals surface area (Å²) in [4.78, 5) is 21.3. The number of H-pyrrole nitrogens is 1. The standard InChI is InChI=1S/C14H17FN4O/c15-5-7-19-6-4-9(8-19)14-17-11-3-1-2-10(13(16)20)12(11)18-14/h1-3,9H,4-8H2,(H2,16,20)(H,17,18). The molecule has 0 radical (unpaired) electrons. The van der Waals surface area contributed by atoms with Crippen LogP contribution >= 0.6 is 0 Å². The molecule has 0 spiro atoms. The number of nitrogens with zero attached hydrogens (tertiary/aromatic N) is 2. The van der Waals surface area contributed by atoms with Gasteiger partial charge in [-0.2, -0.15) is 0 Å². The van der Waals surface area contributed by atoms with Crippen LogP contribution in [-0.4, -0.2) is 47.1 Å². The molecule has 1 aliphatic heterocycles. The summed E-state index contributed by atoms with van der Waals surface area (Å²) in [5.41, 5.74) is 7.24. The van der Waals surface area contributed by atoms with Gasteiger partial charge in [0.25, 0.3) is 5.91 Å². The van der Waals surface area contributed by atoms with Gasteiger partial charge in [0.05, 0.1) is 11.1 Å². The van der Waals surface area contributed by atoms with Crippen molar-refractivity contribution in [1.82, 2.24) is 14.9 Å². The van der Waals surface area contributed by atoms with Crippen molar-refractivity contribution in [2.75, 3.05) is 26.3 Å². The lowest BCUT2D eigenvalue weighted by atomic mass is 10.1. The van der Waals surface area contributed by atoms with E-state index >= 15 is 0 Å². The van der Waals surface area contributed by atoms with Crippen LogP contribution in [0.1, 0.15) is 28.5 Å². The van der Waals surface area contributed by atoms with Gasteiger partial charge in [0.2, 0.25) is 0 Å². The number of para-hydroxylation sites is 1. The summed E-state index contributed by atoms with van der Waals surface area (Å²) in [7, 11) is 0. The number of imidazole rings is 1. The molecular weight excluding hydrogens is 259 g/mol. The molecule has 6 heteroatoms. The van der Waals surface area contributed by atoms with E-state index in [0.29, 0.717) is 17.6 Å². The largest absolute Gasteiger partial charge is 0.366 e. The number of amides is 1. The summed E-state index contributed by atoms with van der Waals surface area (Å²) < 4.78 is 12.4. The van der Waals surface area contributed by atoms with E-state index < -0.39 is 5.91 Å². The third-order valence-electron chi connectivity index (χ3n) is 3.86. The van der Waals surface area contributed by atoms with E-state index in [1.54, 1.807) is 12.1 Å². The second-order valence-corrected chi connectivity index (χ2v) is 5.16. The van der Waals surface area contributed by atoms with Crippen LogP contribution < -0.4 is 5.73 Å². The fourth-order valence-electron chi connectivity index (χ4n) is 2.82. The maximum atomic E-state index is 12.4. The number of alkyl halides is 1. The highest BCUT2D eigenvalue weighted by Gasteiger charge is 2.26. The van der Waals surface area contributed by atoms with E-state index in [1.165, 1.54) is 0 Å². The lowest BCUT2D eigenvalue weighted by molar-refractivity contribution is 0.100. The number of rotatable bonds is 4. The Morgan fingerprint density at radius 3 is 3.15 bits per heavy atom. The maximum Gasteiger partial charge on any atom is 0.250 e. The number of likely N-dealkylation sites (tertiary alicyclic amines) is 1. The van der Waals surface area contributed by atoms with Gasteiger partial charge in [-0.05, 0) is 25.1 Å². The number of aromatic nitrogens is 2. The zero-order valence-corrected chi connectivity index (χ0v) is 11.1. The SMILES string of the molecule is NC(=O)c1cccc2[nH]c(C3CCN(CCF)C3)nc12. The van der Waals surface area contributed by atoms with Crippen LogP contribution in [0.4, 0.5) is 4.39 Å². The smallest absolute Gasteiger partial charge is 0.250 e. The summed E-state index contributed by atoms with van der Waals surface area (Å²) in [5, 5.41) is 0. The molecule has 106 valence electrons. The molecule has 0 saturated carbocycles. The van der Waals surface area contributed by atoms with Gasteiger partial charge in [-0.3, -0.25) is 9.69 Å². The Hall–Kier alpha value is -1.95. The van der Waals surface area contributed by atoms with Gasteiger partial charge in [0.15, 0.2) is 0 Å². The fraction of sp³-hybridized carbons (Fsp3) is 0.429. The molecule has 1 amide bonds. The Labute approximate surface area is 116 Å². The minimum Gasteiger partial charge on any atom is -0.366 e. The van der Waals surface area contributed by atoms with E-state index in [4.69, 9.17) is 5.73 Å². The molecule has 1 fully saturated rings. The van der Waals surface area contributed by atoms with E-state index in [9.17, 15) is 9.18 Å². The second-order valence-electron chi connectivity index (χ2n) is 5.16. The third kappa shape index (κ3) is 2.27. The summed E-state index contributed by atoms with van der Waals surface area (Å²) in [5.74, 6) is 0.642. The minimum atomic E-state index is -0.473. The number of nitrogens with two attached hydrogens (primary N) is 1. The second kappa shape index (κ2) is 5.20. The number of halogens is 1. The average molecular weight is 276 g/mol. The van der Waals surface area contributed by atoms with Gasteiger partial charge >= 0.3 is 0 Å². The first-order valence-electron chi connectivity index (χ1n) is 6.76. The van der Waals surface area contributed by atoms with Crippen LogP contribution in [0, 0.1) is 0 Å². The Bertz CT molecular complexity index is 639. The van der Waals surface area contributed by atoms with Crippen molar-refractivity contribution in [3.05, 3.63) is 29.6 Å². The van der Waals surface area contributed by atoms with Crippen LogP contribution in [0.25, 0.3) is 11.0 Å². The number of nitrogens with one attached hydrogen (secondary N) is 1. The summed E-state index contributed by atoms with van der Waals surface area (Å²) >= 11 is 0. The Kier molecular flexibility index (Phi) is 3.40. The lowest BCUT2D eigenvalue weighted by Gasteiger charge is -2.12.